The maximum Gasteiger partial charge on any atom is 0.152 e. The van der Waals surface area contributed by atoms with Crippen LogP contribution >= 0.6 is 0 Å². The van der Waals surface area contributed by atoms with Crippen molar-refractivity contribution in [2.45, 2.75) is 32.7 Å². The molecule has 1 N–H and O–H groups in total. The van der Waals surface area contributed by atoms with Gasteiger partial charge in [0, 0.05) is 22.4 Å². The van der Waals surface area contributed by atoms with Crippen molar-refractivity contribution in [3.05, 3.63) is 84.1 Å². The van der Waals surface area contributed by atoms with Gasteiger partial charge in [-0.15, -0.1) is 0 Å². The summed E-state index contributed by atoms with van der Waals surface area (Å²) in [5.41, 5.74) is 7.61. The number of rotatable bonds is 5. The number of benzene rings is 3. The van der Waals surface area contributed by atoms with E-state index in [4.69, 9.17) is 9.47 Å². The molecule has 178 valence electrons. The maximum atomic E-state index is 6.21. The number of nitrogens with zero attached hydrogens (tertiary/aromatic N) is 1. The van der Waals surface area contributed by atoms with Crippen molar-refractivity contribution < 1.29 is 9.47 Å². The van der Waals surface area contributed by atoms with Crippen LogP contribution in [0.3, 0.4) is 0 Å². The van der Waals surface area contributed by atoms with Crippen molar-refractivity contribution >= 4 is 28.7 Å². The molecule has 0 spiro atoms. The predicted octanol–water partition coefficient (Wildman–Crippen LogP) is 7.96. The fourth-order valence-electron chi connectivity index (χ4n) is 4.79. The Kier molecular flexibility index (Phi) is 5.89. The number of nitrogens with one attached hydrogen (secondary N) is 1. The summed E-state index contributed by atoms with van der Waals surface area (Å²) in [5, 5.41) is 4.86. The Morgan fingerprint density at radius 2 is 1.57 bits per heavy atom. The van der Waals surface area contributed by atoms with Gasteiger partial charge in [0.25, 0.3) is 0 Å². The highest BCUT2D eigenvalue weighted by atomic mass is 16.5. The van der Waals surface area contributed by atoms with Crippen LogP contribution in [0.4, 0.5) is 5.69 Å². The lowest BCUT2D eigenvalue weighted by Crippen LogP contribution is -2.26. The molecule has 0 atom stereocenters. The van der Waals surface area contributed by atoms with Gasteiger partial charge < -0.3 is 19.4 Å². The number of methoxy groups -OCH3 is 2. The molecule has 5 rings (SSSR count). The molecule has 0 saturated carbocycles. The lowest BCUT2D eigenvalue weighted by atomic mass is 9.97. The molecular formula is C31H32N2O2. The van der Waals surface area contributed by atoms with E-state index in [1.165, 1.54) is 0 Å². The van der Waals surface area contributed by atoms with E-state index in [9.17, 15) is 0 Å². The topological polar surface area (TPSA) is 35.4 Å². The van der Waals surface area contributed by atoms with Crippen molar-refractivity contribution in [2.24, 2.45) is 0 Å². The minimum absolute atomic E-state index is 0.143. The summed E-state index contributed by atoms with van der Waals surface area (Å²) in [5.74, 6) is 1.70. The van der Waals surface area contributed by atoms with Crippen molar-refractivity contribution in [1.29, 1.82) is 0 Å². The fourth-order valence-corrected chi connectivity index (χ4v) is 4.79. The molecule has 0 bridgehead atoms. The Labute approximate surface area is 207 Å². The Balaban J connectivity index is 1.92. The predicted molar refractivity (Wildman–Crippen MR) is 148 cm³/mol. The number of fused-ring (bicyclic) bond motifs is 3. The third-order valence-electron chi connectivity index (χ3n) is 6.24. The SMILES string of the molecule is COc1ccc(-n2c3c(c4c(OC)c(NC(C)(C)C)c(-c5ccccc5)cc42)C=CCC=C3)cc1. The smallest absolute Gasteiger partial charge is 0.152 e. The molecule has 1 aromatic heterocycles. The third-order valence-corrected chi connectivity index (χ3v) is 6.24. The van der Waals surface area contributed by atoms with Gasteiger partial charge in [-0.25, -0.2) is 0 Å². The van der Waals surface area contributed by atoms with Gasteiger partial charge >= 0.3 is 0 Å². The maximum absolute atomic E-state index is 6.21. The average Bonchev–Trinajstić information content (AvgIpc) is 2.99. The first-order valence-corrected chi connectivity index (χ1v) is 12.0. The van der Waals surface area contributed by atoms with Crippen molar-refractivity contribution in [2.75, 3.05) is 19.5 Å². The van der Waals surface area contributed by atoms with Gasteiger partial charge in [-0.3, -0.25) is 0 Å². The summed E-state index contributed by atoms with van der Waals surface area (Å²) < 4.78 is 14.0. The molecule has 1 aliphatic rings. The highest BCUT2D eigenvalue weighted by molar-refractivity contribution is 6.07. The van der Waals surface area contributed by atoms with Crippen molar-refractivity contribution in [1.82, 2.24) is 4.57 Å². The molecule has 1 heterocycles. The molecule has 0 radical (unpaired) electrons. The first-order chi connectivity index (χ1) is 16.9. The van der Waals surface area contributed by atoms with Crippen LogP contribution in [0.1, 0.15) is 38.4 Å². The number of allylic oxidation sites excluding steroid dienone is 2. The molecule has 35 heavy (non-hydrogen) atoms. The van der Waals surface area contributed by atoms with E-state index < -0.39 is 0 Å². The standard InChI is InChI=1S/C31H32N2O2/c1-31(2,3)32-29-25(21-12-8-6-9-13-21)20-27-28(30(29)35-5)24-14-10-7-11-15-26(24)33(27)22-16-18-23(34-4)19-17-22/h6,8-20,32H,7H2,1-5H3. The molecule has 0 aliphatic heterocycles. The zero-order chi connectivity index (χ0) is 24.6. The molecule has 0 amide bonds. The molecule has 3 aromatic carbocycles. The van der Waals surface area contributed by atoms with E-state index in [1.54, 1.807) is 14.2 Å². The van der Waals surface area contributed by atoms with E-state index in [1.807, 2.05) is 18.2 Å². The second kappa shape index (κ2) is 9.03. The van der Waals surface area contributed by atoms with Crippen LogP contribution in [0.2, 0.25) is 0 Å². The van der Waals surface area contributed by atoms with E-state index in [0.29, 0.717) is 0 Å². The number of aromatic nitrogens is 1. The van der Waals surface area contributed by atoms with Gasteiger partial charge in [-0.2, -0.15) is 0 Å². The lowest BCUT2D eigenvalue weighted by molar-refractivity contribution is 0.415. The minimum Gasteiger partial charge on any atom is -0.497 e. The zero-order valence-electron chi connectivity index (χ0n) is 21.1. The normalized spacial score (nSPS) is 12.9. The molecule has 4 heteroatoms. The van der Waals surface area contributed by atoms with E-state index >= 15 is 0 Å². The summed E-state index contributed by atoms with van der Waals surface area (Å²) in [7, 11) is 3.46. The first kappa shape index (κ1) is 22.9. The van der Waals surface area contributed by atoms with Gasteiger partial charge in [0.15, 0.2) is 5.75 Å². The molecule has 0 fully saturated rings. The summed E-state index contributed by atoms with van der Waals surface area (Å²) in [6, 6.07) is 21.0. The van der Waals surface area contributed by atoms with Crippen LogP contribution in [-0.4, -0.2) is 24.3 Å². The van der Waals surface area contributed by atoms with Crippen LogP contribution in [0.5, 0.6) is 11.5 Å². The summed E-state index contributed by atoms with van der Waals surface area (Å²) in [4.78, 5) is 0. The zero-order valence-corrected chi connectivity index (χ0v) is 21.1. The van der Waals surface area contributed by atoms with Gasteiger partial charge in [-0.1, -0.05) is 48.6 Å². The Bertz CT molecular complexity index is 1420. The van der Waals surface area contributed by atoms with Crippen LogP contribution in [0.25, 0.3) is 39.9 Å². The summed E-state index contributed by atoms with van der Waals surface area (Å²) in [6.07, 6.45) is 9.76. The molecule has 0 unspecified atom stereocenters. The lowest BCUT2D eigenvalue weighted by Gasteiger charge is -2.27. The van der Waals surface area contributed by atoms with Gasteiger partial charge in [0.1, 0.15) is 5.75 Å². The monoisotopic (exact) mass is 464 g/mol. The van der Waals surface area contributed by atoms with Crippen LogP contribution < -0.4 is 14.8 Å². The molecule has 4 aromatic rings. The summed E-state index contributed by atoms with van der Waals surface area (Å²) in [6.45, 7) is 6.53. The molecular weight excluding hydrogens is 432 g/mol. The second-order valence-corrected chi connectivity index (χ2v) is 9.84. The highest BCUT2D eigenvalue weighted by Gasteiger charge is 2.26. The quantitative estimate of drug-likeness (QED) is 0.325. The van der Waals surface area contributed by atoms with Gasteiger partial charge in [0.2, 0.25) is 0 Å². The fraction of sp³-hybridized carbons (Fsp3) is 0.226. The second-order valence-electron chi connectivity index (χ2n) is 9.84. The van der Waals surface area contributed by atoms with E-state index in [2.05, 4.69) is 97.4 Å². The van der Waals surface area contributed by atoms with Crippen LogP contribution in [0.15, 0.2) is 72.8 Å². The number of hydrogen-bond acceptors (Lipinski definition) is 3. The van der Waals surface area contributed by atoms with Crippen molar-refractivity contribution in [3.8, 4) is 28.3 Å². The molecule has 0 saturated heterocycles. The number of ether oxygens (including phenoxy) is 2. The highest BCUT2D eigenvalue weighted by Crippen LogP contribution is 2.48. The molecule has 4 nitrogen and oxygen atoms in total. The largest absolute Gasteiger partial charge is 0.497 e. The van der Waals surface area contributed by atoms with Crippen LogP contribution in [-0.2, 0) is 0 Å². The first-order valence-electron chi connectivity index (χ1n) is 12.0. The van der Waals surface area contributed by atoms with Gasteiger partial charge in [-0.05, 0) is 69.2 Å². The minimum atomic E-state index is -0.143. The third kappa shape index (κ3) is 4.21. The summed E-state index contributed by atoms with van der Waals surface area (Å²) >= 11 is 0. The molecule has 1 aliphatic carbocycles. The number of anilines is 1. The van der Waals surface area contributed by atoms with E-state index in [-0.39, 0.29) is 5.54 Å². The average molecular weight is 465 g/mol. The van der Waals surface area contributed by atoms with E-state index in [0.717, 1.165) is 62.6 Å². The van der Waals surface area contributed by atoms with Crippen molar-refractivity contribution in [3.63, 3.8) is 0 Å². The Hall–Kier alpha value is -3.92. The Morgan fingerprint density at radius 3 is 2.23 bits per heavy atom. The Morgan fingerprint density at radius 1 is 0.857 bits per heavy atom. The van der Waals surface area contributed by atoms with Crippen LogP contribution in [0, 0.1) is 0 Å². The number of hydrogen-bond donors (Lipinski definition) is 1. The van der Waals surface area contributed by atoms with Gasteiger partial charge in [0.05, 0.1) is 36.5 Å².